The molecule has 0 bridgehead atoms. The molecule has 0 radical (unpaired) electrons. The van der Waals surface area contributed by atoms with Crippen molar-refractivity contribution in [2.24, 2.45) is 0 Å². The molecule has 2 aromatic carbocycles. The molecule has 0 N–H and O–H groups in total. The number of rotatable bonds is 4. The van der Waals surface area contributed by atoms with Gasteiger partial charge < -0.3 is 9.47 Å². The van der Waals surface area contributed by atoms with Gasteiger partial charge >= 0.3 is 5.97 Å². The summed E-state index contributed by atoms with van der Waals surface area (Å²) in [5, 5.41) is 18.9. The summed E-state index contributed by atoms with van der Waals surface area (Å²) in [7, 11) is 0. The third-order valence-corrected chi connectivity index (χ3v) is 4.54. The van der Waals surface area contributed by atoms with Gasteiger partial charge in [0.1, 0.15) is 18.1 Å². The molecular weight excluding hydrogens is 352 g/mol. The maximum absolute atomic E-state index is 12.9. The summed E-state index contributed by atoms with van der Waals surface area (Å²) in [6.45, 7) is 3.49. The highest BCUT2D eigenvalue weighted by Gasteiger charge is 2.35. The number of ether oxygens (including phenoxy) is 2. The van der Waals surface area contributed by atoms with Gasteiger partial charge in [-0.25, -0.2) is 4.79 Å². The second kappa shape index (κ2) is 8.24. The van der Waals surface area contributed by atoms with E-state index < -0.39 is 11.9 Å². The first-order valence-electron chi connectivity index (χ1n) is 8.75. The number of benzene rings is 2. The summed E-state index contributed by atoms with van der Waals surface area (Å²) in [4.78, 5) is 12.9. The van der Waals surface area contributed by atoms with E-state index in [0.29, 0.717) is 28.2 Å². The Hall–Kier alpha value is -3.83. The van der Waals surface area contributed by atoms with Crippen molar-refractivity contribution < 1.29 is 14.3 Å². The quantitative estimate of drug-likeness (QED) is 0.741. The number of carbonyl (C=O) groups is 1. The first-order valence-corrected chi connectivity index (χ1v) is 8.75. The van der Waals surface area contributed by atoms with Crippen LogP contribution in [0.5, 0.6) is 0 Å². The Morgan fingerprint density at radius 1 is 1.04 bits per heavy atom. The fourth-order valence-electron chi connectivity index (χ4n) is 3.22. The molecule has 1 aliphatic rings. The molecule has 0 aromatic heterocycles. The van der Waals surface area contributed by atoms with Crippen molar-refractivity contribution in [3.05, 3.63) is 94.0 Å². The van der Waals surface area contributed by atoms with E-state index in [-0.39, 0.29) is 12.2 Å². The zero-order valence-corrected chi connectivity index (χ0v) is 15.6. The minimum atomic E-state index is -0.643. The molecule has 0 fully saturated rings. The molecule has 1 atom stereocenters. The van der Waals surface area contributed by atoms with Crippen LogP contribution in [-0.2, 0) is 20.9 Å². The Morgan fingerprint density at radius 2 is 1.79 bits per heavy atom. The number of carbonyl (C=O) groups excluding carboxylic acids is 1. The normalized spacial score (nSPS) is 16.1. The summed E-state index contributed by atoms with van der Waals surface area (Å²) in [6, 6.07) is 20.5. The van der Waals surface area contributed by atoms with Gasteiger partial charge in [-0.1, -0.05) is 42.5 Å². The number of esters is 1. The molecule has 3 rings (SSSR count). The Morgan fingerprint density at radius 3 is 2.46 bits per heavy atom. The van der Waals surface area contributed by atoms with Crippen molar-refractivity contribution in [2.45, 2.75) is 26.4 Å². The van der Waals surface area contributed by atoms with Gasteiger partial charge in [0.2, 0.25) is 0 Å². The molecule has 1 unspecified atom stereocenters. The average Bonchev–Trinajstić information content (AvgIpc) is 2.72. The lowest BCUT2D eigenvalue weighted by molar-refractivity contribution is -0.140. The van der Waals surface area contributed by atoms with Crippen LogP contribution in [0, 0.1) is 22.7 Å². The van der Waals surface area contributed by atoms with Crippen molar-refractivity contribution in [2.75, 3.05) is 0 Å². The van der Waals surface area contributed by atoms with Gasteiger partial charge in [0.15, 0.2) is 0 Å². The van der Waals surface area contributed by atoms with Crippen molar-refractivity contribution in [1.82, 2.24) is 0 Å². The first-order chi connectivity index (χ1) is 13.5. The van der Waals surface area contributed by atoms with Gasteiger partial charge in [0, 0.05) is 0 Å². The lowest BCUT2D eigenvalue weighted by atomic mass is 9.82. The first kappa shape index (κ1) is 18.9. The second-order valence-electron chi connectivity index (χ2n) is 6.39. The molecule has 1 heterocycles. The van der Waals surface area contributed by atoms with Crippen molar-refractivity contribution in [1.29, 1.82) is 10.5 Å². The van der Waals surface area contributed by atoms with Crippen molar-refractivity contribution >= 4 is 5.97 Å². The fraction of sp³-hybridized carbons (Fsp3) is 0.174. The van der Waals surface area contributed by atoms with Crippen LogP contribution in [0.3, 0.4) is 0 Å². The summed E-state index contributed by atoms with van der Waals surface area (Å²) in [6.07, 6.45) is 0. The van der Waals surface area contributed by atoms with Crippen molar-refractivity contribution in [3.63, 3.8) is 0 Å². The van der Waals surface area contributed by atoms with Crippen LogP contribution in [0.2, 0.25) is 0 Å². The SMILES string of the molecule is CC1=C(C#N)C(c2cccc(C#N)c2)C(C(=O)OCc2ccccc2)=C(C)O1. The molecule has 5 heteroatoms. The van der Waals surface area contributed by atoms with Crippen LogP contribution in [0.15, 0.2) is 77.3 Å². The molecule has 2 aromatic rings. The Kier molecular flexibility index (Phi) is 5.58. The number of hydrogen-bond donors (Lipinski definition) is 0. The second-order valence-corrected chi connectivity index (χ2v) is 6.39. The van der Waals surface area contributed by atoms with Crippen LogP contribution < -0.4 is 0 Å². The van der Waals surface area contributed by atoms with Gasteiger partial charge in [-0.3, -0.25) is 0 Å². The molecule has 28 heavy (non-hydrogen) atoms. The van der Waals surface area contributed by atoms with Crippen LogP contribution >= 0.6 is 0 Å². The maximum Gasteiger partial charge on any atom is 0.338 e. The summed E-state index contributed by atoms with van der Waals surface area (Å²) in [5.41, 5.74) is 2.58. The Balaban J connectivity index is 1.98. The third kappa shape index (κ3) is 3.79. The minimum absolute atomic E-state index is 0.117. The number of hydrogen-bond acceptors (Lipinski definition) is 5. The molecule has 0 amide bonds. The van der Waals surface area contributed by atoms with E-state index in [1.807, 2.05) is 30.3 Å². The molecular formula is C23H18N2O3. The predicted molar refractivity (Wildman–Crippen MR) is 102 cm³/mol. The molecule has 1 aliphatic heterocycles. The highest BCUT2D eigenvalue weighted by molar-refractivity contribution is 5.92. The van der Waals surface area contributed by atoms with Crippen LogP contribution in [0.1, 0.15) is 36.5 Å². The zero-order valence-electron chi connectivity index (χ0n) is 15.6. The largest absolute Gasteiger partial charge is 0.465 e. The summed E-state index contributed by atoms with van der Waals surface area (Å²) in [5.74, 6) is -0.363. The highest BCUT2D eigenvalue weighted by atomic mass is 16.5. The third-order valence-electron chi connectivity index (χ3n) is 4.54. The molecule has 0 saturated heterocycles. The molecule has 0 spiro atoms. The predicted octanol–water partition coefficient (Wildman–Crippen LogP) is 4.49. The lowest BCUT2D eigenvalue weighted by Gasteiger charge is -2.27. The van der Waals surface area contributed by atoms with E-state index in [0.717, 1.165) is 5.56 Å². The summed E-state index contributed by atoms with van der Waals surface area (Å²) >= 11 is 0. The van der Waals surface area contributed by atoms with E-state index in [2.05, 4.69) is 12.1 Å². The number of nitrogens with zero attached hydrogens (tertiary/aromatic N) is 2. The van der Waals surface area contributed by atoms with E-state index >= 15 is 0 Å². The van der Waals surface area contributed by atoms with E-state index in [9.17, 15) is 15.3 Å². The molecule has 0 saturated carbocycles. The smallest absolute Gasteiger partial charge is 0.338 e. The lowest BCUT2D eigenvalue weighted by Crippen LogP contribution is -2.22. The van der Waals surface area contributed by atoms with Crippen LogP contribution in [0.4, 0.5) is 0 Å². The van der Waals surface area contributed by atoms with E-state index in [1.165, 1.54) is 0 Å². The van der Waals surface area contributed by atoms with Crippen molar-refractivity contribution in [3.8, 4) is 12.1 Å². The van der Waals surface area contributed by atoms with Gasteiger partial charge in [-0.05, 0) is 37.1 Å². The zero-order chi connectivity index (χ0) is 20.1. The highest BCUT2D eigenvalue weighted by Crippen LogP contribution is 2.40. The number of nitriles is 2. The maximum atomic E-state index is 12.9. The van der Waals surface area contributed by atoms with Crippen LogP contribution in [0.25, 0.3) is 0 Å². The molecule has 5 nitrogen and oxygen atoms in total. The van der Waals surface area contributed by atoms with Gasteiger partial charge in [0.25, 0.3) is 0 Å². The molecule has 0 aliphatic carbocycles. The topological polar surface area (TPSA) is 83.1 Å². The standard InChI is InChI=1S/C23H18N2O3/c1-15-20(13-25)22(19-10-6-9-18(11-19)12-24)21(16(2)28-15)23(26)27-14-17-7-4-3-5-8-17/h3-11,22H,14H2,1-2H3. The Labute approximate surface area is 163 Å². The Bertz CT molecular complexity index is 1050. The van der Waals surface area contributed by atoms with Gasteiger partial charge in [-0.15, -0.1) is 0 Å². The van der Waals surface area contributed by atoms with E-state index in [4.69, 9.17) is 9.47 Å². The molecule has 138 valence electrons. The fourth-order valence-corrected chi connectivity index (χ4v) is 3.22. The number of allylic oxidation sites excluding steroid dienone is 3. The summed E-state index contributed by atoms with van der Waals surface area (Å²) < 4.78 is 11.2. The minimum Gasteiger partial charge on any atom is -0.465 e. The monoisotopic (exact) mass is 370 g/mol. The van der Waals surface area contributed by atoms with Crippen LogP contribution in [-0.4, -0.2) is 5.97 Å². The average molecular weight is 370 g/mol. The van der Waals surface area contributed by atoms with Gasteiger partial charge in [0.05, 0.1) is 34.8 Å². The van der Waals surface area contributed by atoms with Gasteiger partial charge in [-0.2, -0.15) is 10.5 Å². The van der Waals surface area contributed by atoms with E-state index in [1.54, 1.807) is 38.1 Å².